The molecule has 1 fully saturated rings. The number of carbonyl (C=O) groups is 1. The molecule has 0 bridgehead atoms. The van der Waals surface area contributed by atoms with Crippen LogP contribution < -0.4 is 4.90 Å². The SMILES string of the molecule is C[C@H](CC(=O)[C@@H]1COCCN1c1nc(Cl)ncc1Br)c1ccc(Cl)cc1. The largest absolute Gasteiger partial charge is 0.377 e. The van der Waals surface area contributed by atoms with Gasteiger partial charge in [0.15, 0.2) is 5.78 Å². The Balaban J connectivity index is 1.77. The third kappa shape index (κ3) is 4.55. The number of Topliss-reactive ketones (excluding diaryl/α,β-unsaturated/α-hetero) is 1. The summed E-state index contributed by atoms with van der Waals surface area (Å²) in [6.07, 6.45) is 2.00. The lowest BCUT2D eigenvalue weighted by atomic mass is 9.93. The highest BCUT2D eigenvalue weighted by atomic mass is 79.9. The molecule has 3 rings (SSSR count). The molecule has 26 heavy (non-hydrogen) atoms. The topological polar surface area (TPSA) is 55.3 Å². The minimum Gasteiger partial charge on any atom is -0.377 e. The first-order valence-electron chi connectivity index (χ1n) is 8.26. The maximum atomic E-state index is 13.0. The van der Waals surface area contributed by atoms with E-state index >= 15 is 0 Å². The molecule has 0 radical (unpaired) electrons. The highest BCUT2D eigenvalue weighted by Crippen LogP contribution is 2.29. The van der Waals surface area contributed by atoms with Gasteiger partial charge in [0, 0.05) is 24.2 Å². The van der Waals surface area contributed by atoms with Crippen LogP contribution in [0.3, 0.4) is 0 Å². The summed E-state index contributed by atoms with van der Waals surface area (Å²) >= 11 is 15.3. The van der Waals surface area contributed by atoms with Gasteiger partial charge in [-0.25, -0.2) is 4.98 Å². The number of ether oxygens (including phenoxy) is 1. The monoisotopic (exact) mass is 457 g/mol. The lowest BCUT2D eigenvalue weighted by molar-refractivity contribution is -0.122. The summed E-state index contributed by atoms with van der Waals surface area (Å²) in [5.41, 5.74) is 1.08. The predicted octanol–water partition coefficient (Wildman–Crippen LogP) is 4.51. The van der Waals surface area contributed by atoms with E-state index in [1.165, 1.54) is 0 Å². The number of morpholine rings is 1. The number of carbonyl (C=O) groups excluding carboxylic acids is 1. The van der Waals surface area contributed by atoms with Crippen molar-refractivity contribution < 1.29 is 9.53 Å². The number of rotatable bonds is 5. The van der Waals surface area contributed by atoms with E-state index < -0.39 is 6.04 Å². The number of ketones is 1. The summed E-state index contributed by atoms with van der Waals surface area (Å²) in [5, 5.41) is 0.833. The molecule has 0 spiro atoms. The number of hydrogen-bond acceptors (Lipinski definition) is 5. The number of aromatic nitrogens is 2. The molecule has 5 nitrogen and oxygen atoms in total. The predicted molar refractivity (Wildman–Crippen MR) is 106 cm³/mol. The van der Waals surface area contributed by atoms with Gasteiger partial charge in [0.2, 0.25) is 5.28 Å². The zero-order valence-electron chi connectivity index (χ0n) is 14.2. The first-order chi connectivity index (χ1) is 12.5. The smallest absolute Gasteiger partial charge is 0.224 e. The van der Waals surface area contributed by atoms with Crippen LogP contribution in [0.5, 0.6) is 0 Å². The quantitative estimate of drug-likeness (QED) is 0.616. The summed E-state index contributed by atoms with van der Waals surface area (Å²) in [6.45, 7) is 3.47. The molecule has 8 heteroatoms. The summed E-state index contributed by atoms with van der Waals surface area (Å²) in [6, 6.07) is 7.19. The normalized spacial score (nSPS) is 18.6. The Kier molecular flexibility index (Phi) is 6.51. The zero-order valence-corrected chi connectivity index (χ0v) is 17.3. The molecule has 1 aromatic heterocycles. The van der Waals surface area contributed by atoms with Gasteiger partial charge in [-0.05, 0) is 51.1 Å². The second-order valence-corrected chi connectivity index (χ2v) is 7.85. The number of hydrogen-bond donors (Lipinski definition) is 0. The van der Waals surface area contributed by atoms with Crippen LogP contribution in [0.25, 0.3) is 0 Å². The van der Waals surface area contributed by atoms with Crippen LogP contribution in [0.4, 0.5) is 5.82 Å². The molecule has 2 aromatic rings. The molecule has 1 aliphatic rings. The van der Waals surface area contributed by atoms with E-state index in [0.717, 1.165) is 5.56 Å². The van der Waals surface area contributed by atoms with Crippen LogP contribution in [0.2, 0.25) is 10.3 Å². The van der Waals surface area contributed by atoms with Gasteiger partial charge < -0.3 is 9.64 Å². The Morgan fingerprint density at radius 3 is 2.85 bits per heavy atom. The lowest BCUT2D eigenvalue weighted by Gasteiger charge is -2.36. The van der Waals surface area contributed by atoms with Crippen molar-refractivity contribution in [1.29, 1.82) is 0 Å². The van der Waals surface area contributed by atoms with E-state index in [0.29, 0.717) is 41.5 Å². The molecule has 1 aromatic carbocycles. The van der Waals surface area contributed by atoms with Crippen molar-refractivity contribution in [3.05, 3.63) is 50.8 Å². The van der Waals surface area contributed by atoms with E-state index in [-0.39, 0.29) is 17.0 Å². The minimum atomic E-state index is -0.402. The fraction of sp³-hybridized carbons (Fsp3) is 0.389. The van der Waals surface area contributed by atoms with Crippen LogP contribution in [-0.4, -0.2) is 41.6 Å². The summed E-state index contributed by atoms with van der Waals surface area (Å²) < 4.78 is 6.26. The first kappa shape index (κ1) is 19.5. The lowest BCUT2D eigenvalue weighted by Crippen LogP contribution is -2.51. The van der Waals surface area contributed by atoms with E-state index in [9.17, 15) is 4.79 Å². The van der Waals surface area contributed by atoms with Crippen molar-refractivity contribution >= 4 is 50.7 Å². The Hall–Kier alpha value is -1.21. The fourth-order valence-corrected chi connectivity index (χ4v) is 3.68. The highest BCUT2D eigenvalue weighted by Gasteiger charge is 2.32. The molecular formula is C18H18BrCl2N3O2. The Morgan fingerprint density at radius 1 is 1.38 bits per heavy atom. The van der Waals surface area contributed by atoms with Crippen molar-refractivity contribution in [1.82, 2.24) is 9.97 Å². The average Bonchev–Trinajstić information content (AvgIpc) is 2.64. The standard InChI is InChI=1S/C18H18BrCl2N3O2/c1-11(12-2-4-13(20)5-3-12)8-16(25)15-10-26-7-6-24(15)17-14(19)9-22-18(21)23-17/h2-5,9,11,15H,6-8,10H2,1H3/t11-,15+/m1/s1. The van der Waals surface area contributed by atoms with E-state index in [2.05, 4.69) is 25.9 Å². The summed E-state index contributed by atoms with van der Waals surface area (Å²) in [5.74, 6) is 0.806. The molecule has 2 heterocycles. The Bertz CT molecular complexity index is 789. The summed E-state index contributed by atoms with van der Waals surface area (Å²) in [7, 11) is 0. The molecule has 1 aliphatic heterocycles. The molecule has 0 N–H and O–H groups in total. The number of anilines is 1. The van der Waals surface area contributed by atoms with Crippen molar-refractivity contribution in [2.24, 2.45) is 0 Å². The molecule has 0 aliphatic carbocycles. The van der Waals surface area contributed by atoms with Gasteiger partial charge in [0.05, 0.1) is 17.7 Å². The Labute approximate surface area is 170 Å². The third-order valence-electron chi connectivity index (χ3n) is 4.41. The fourth-order valence-electron chi connectivity index (χ4n) is 3.01. The maximum absolute atomic E-state index is 13.0. The van der Waals surface area contributed by atoms with Gasteiger partial charge >= 0.3 is 0 Å². The van der Waals surface area contributed by atoms with Crippen LogP contribution >= 0.6 is 39.1 Å². The molecule has 0 unspecified atom stereocenters. The van der Waals surface area contributed by atoms with E-state index in [1.54, 1.807) is 6.20 Å². The molecule has 2 atom stereocenters. The first-order valence-corrected chi connectivity index (χ1v) is 9.81. The van der Waals surface area contributed by atoms with Gasteiger partial charge in [-0.2, -0.15) is 4.98 Å². The maximum Gasteiger partial charge on any atom is 0.224 e. The van der Waals surface area contributed by atoms with E-state index in [4.69, 9.17) is 27.9 Å². The van der Waals surface area contributed by atoms with Crippen molar-refractivity contribution in [2.45, 2.75) is 25.3 Å². The van der Waals surface area contributed by atoms with Crippen LogP contribution in [0.1, 0.15) is 24.8 Å². The van der Waals surface area contributed by atoms with Gasteiger partial charge in [0.1, 0.15) is 11.9 Å². The minimum absolute atomic E-state index is 0.0842. The van der Waals surface area contributed by atoms with Gasteiger partial charge in [0.25, 0.3) is 0 Å². The van der Waals surface area contributed by atoms with E-state index in [1.807, 2.05) is 36.1 Å². The second-order valence-electron chi connectivity index (χ2n) is 6.22. The number of benzene rings is 1. The highest BCUT2D eigenvalue weighted by molar-refractivity contribution is 9.10. The van der Waals surface area contributed by atoms with Crippen molar-refractivity contribution in [2.75, 3.05) is 24.7 Å². The van der Waals surface area contributed by atoms with Gasteiger partial charge in [-0.3, -0.25) is 4.79 Å². The molecule has 138 valence electrons. The Morgan fingerprint density at radius 2 is 2.12 bits per heavy atom. The zero-order chi connectivity index (χ0) is 18.7. The number of nitrogens with zero attached hydrogens (tertiary/aromatic N) is 3. The average molecular weight is 459 g/mol. The van der Waals surface area contributed by atoms with Crippen molar-refractivity contribution in [3.8, 4) is 0 Å². The third-order valence-corrected chi connectivity index (χ3v) is 5.41. The van der Waals surface area contributed by atoms with Crippen LogP contribution in [-0.2, 0) is 9.53 Å². The van der Waals surface area contributed by atoms with Crippen LogP contribution in [0, 0.1) is 0 Å². The molecular weight excluding hydrogens is 441 g/mol. The van der Waals surface area contributed by atoms with Crippen molar-refractivity contribution in [3.63, 3.8) is 0 Å². The molecule has 0 saturated carbocycles. The molecule has 1 saturated heterocycles. The molecule has 0 amide bonds. The number of halogens is 3. The van der Waals surface area contributed by atoms with Gasteiger partial charge in [-0.1, -0.05) is 30.7 Å². The second kappa shape index (κ2) is 8.65. The van der Waals surface area contributed by atoms with Crippen LogP contribution in [0.15, 0.2) is 34.9 Å². The summed E-state index contributed by atoms with van der Waals surface area (Å²) in [4.78, 5) is 23.2. The van der Waals surface area contributed by atoms with Gasteiger partial charge in [-0.15, -0.1) is 0 Å².